The fourth-order valence-corrected chi connectivity index (χ4v) is 2.15. The predicted molar refractivity (Wildman–Crippen MR) is 93.2 cm³/mol. The monoisotopic (exact) mass is 345 g/mol. The van der Waals surface area contributed by atoms with Gasteiger partial charge in [-0.05, 0) is 33.3 Å². The Hall–Kier alpha value is -2.83. The molecule has 0 radical (unpaired) electrons. The zero-order chi connectivity index (χ0) is 18.4. The Labute approximate surface area is 146 Å². The van der Waals surface area contributed by atoms with Crippen LogP contribution >= 0.6 is 0 Å². The molecular formula is C18H23N3O4. The highest BCUT2D eigenvalue weighted by Gasteiger charge is 2.25. The van der Waals surface area contributed by atoms with Crippen molar-refractivity contribution in [3.63, 3.8) is 0 Å². The van der Waals surface area contributed by atoms with E-state index in [1.54, 1.807) is 33.8 Å². The van der Waals surface area contributed by atoms with Gasteiger partial charge in [0.25, 0.3) is 0 Å². The molecule has 0 spiro atoms. The molecule has 1 aromatic heterocycles. The number of anilines is 1. The molecule has 2 N–H and O–H groups in total. The maximum atomic E-state index is 12.6. The normalized spacial score (nSPS) is 12.3. The van der Waals surface area contributed by atoms with Gasteiger partial charge in [-0.3, -0.25) is 4.79 Å². The first kappa shape index (κ1) is 18.5. The predicted octanol–water partition coefficient (Wildman–Crippen LogP) is 3.06. The van der Waals surface area contributed by atoms with Crippen molar-refractivity contribution in [2.24, 2.45) is 0 Å². The lowest BCUT2D eigenvalue weighted by Crippen LogP contribution is -2.47. The third-order valence-electron chi connectivity index (χ3n) is 3.17. The number of aryl methyl sites for hydroxylation is 1. The number of rotatable bonds is 5. The van der Waals surface area contributed by atoms with Gasteiger partial charge in [0.15, 0.2) is 5.82 Å². The molecule has 134 valence electrons. The molecule has 2 amide bonds. The summed E-state index contributed by atoms with van der Waals surface area (Å²) in [6.07, 6.45) is -0.331. The van der Waals surface area contributed by atoms with Gasteiger partial charge in [0, 0.05) is 12.5 Å². The minimum atomic E-state index is -0.811. The van der Waals surface area contributed by atoms with Crippen LogP contribution in [0.5, 0.6) is 0 Å². The SMILES string of the molecule is Cc1cc(NC(=O)C(Cc2ccccc2)NC(=O)OC(C)(C)C)no1. The van der Waals surface area contributed by atoms with E-state index in [0.29, 0.717) is 18.0 Å². The van der Waals surface area contributed by atoms with Crippen molar-refractivity contribution < 1.29 is 18.8 Å². The Morgan fingerprint density at radius 3 is 2.48 bits per heavy atom. The molecule has 1 unspecified atom stereocenters. The quantitative estimate of drug-likeness (QED) is 0.869. The van der Waals surface area contributed by atoms with Crippen LogP contribution in [0.1, 0.15) is 32.1 Å². The van der Waals surface area contributed by atoms with Crippen LogP contribution in [0.15, 0.2) is 40.9 Å². The van der Waals surface area contributed by atoms with E-state index in [1.807, 2.05) is 30.3 Å². The van der Waals surface area contributed by atoms with Crippen molar-refractivity contribution in [2.45, 2.75) is 45.8 Å². The van der Waals surface area contributed by atoms with E-state index in [2.05, 4.69) is 15.8 Å². The van der Waals surface area contributed by atoms with E-state index in [-0.39, 0.29) is 0 Å². The van der Waals surface area contributed by atoms with E-state index < -0.39 is 23.6 Å². The van der Waals surface area contributed by atoms with Gasteiger partial charge in [-0.15, -0.1) is 0 Å². The van der Waals surface area contributed by atoms with E-state index in [9.17, 15) is 9.59 Å². The molecule has 0 aliphatic rings. The van der Waals surface area contributed by atoms with Crippen LogP contribution in [0.3, 0.4) is 0 Å². The van der Waals surface area contributed by atoms with Crippen LogP contribution in [0, 0.1) is 6.92 Å². The highest BCUT2D eigenvalue weighted by molar-refractivity contribution is 5.96. The summed E-state index contributed by atoms with van der Waals surface area (Å²) in [6.45, 7) is 7.01. The number of hydrogen-bond acceptors (Lipinski definition) is 5. The minimum absolute atomic E-state index is 0.298. The molecule has 1 heterocycles. The molecule has 0 fully saturated rings. The standard InChI is InChI=1S/C18H23N3O4/c1-12-10-15(21-25-12)20-16(22)14(11-13-8-6-5-7-9-13)19-17(23)24-18(2,3)4/h5-10,14H,11H2,1-4H3,(H,19,23)(H,20,21,22). The zero-order valence-corrected chi connectivity index (χ0v) is 14.8. The van der Waals surface area contributed by atoms with Gasteiger partial charge in [-0.1, -0.05) is 35.5 Å². The molecule has 0 aliphatic heterocycles. The zero-order valence-electron chi connectivity index (χ0n) is 14.8. The Morgan fingerprint density at radius 1 is 1.24 bits per heavy atom. The second-order valence-electron chi connectivity index (χ2n) is 6.70. The molecule has 1 atom stereocenters. The number of carbonyl (C=O) groups excluding carboxylic acids is 2. The number of carbonyl (C=O) groups is 2. The Morgan fingerprint density at radius 2 is 1.92 bits per heavy atom. The van der Waals surface area contributed by atoms with Crippen LogP contribution in [0.4, 0.5) is 10.6 Å². The Kier molecular flexibility index (Phi) is 5.80. The van der Waals surface area contributed by atoms with Crippen molar-refractivity contribution >= 4 is 17.8 Å². The third kappa shape index (κ3) is 6.29. The van der Waals surface area contributed by atoms with Crippen molar-refractivity contribution in [3.8, 4) is 0 Å². The molecule has 2 aromatic rings. The number of nitrogens with one attached hydrogen (secondary N) is 2. The number of alkyl carbamates (subject to hydrolysis) is 1. The van der Waals surface area contributed by atoms with E-state index in [4.69, 9.17) is 9.26 Å². The van der Waals surface area contributed by atoms with Crippen LogP contribution in [0.2, 0.25) is 0 Å². The maximum absolute atomic E-state index is 12.6. The largest absolute Gasteiger partial charge is 0.444 e. The second kappa shape index (κ2) is 7.83. The number of benzene rings is 1. The summed E-state index contributed by atoms with van der Waals surface area (Å²) in [4.78, 5) is 24.6. The van der Waals surface area contributed by atoms with Gasteiger partial charge in [0.2, 0.25) is 5.91 Å². The Bertz CT molecular complexity index is 719. The topological polar surface area (TPSA) is 93.5 Å². The van der Waals surface area contributed by atoms with Gasteiger partial charge in [0.05, 0.1) is 0 Å². The summed E-state index contributed by atoms with van der Waals surface area (Å²) in [7, 11) is 0. The molecule has 2 rings (SSSR count). The summed E-state index contributed by atoms with van der Waals surface area (Å²) in [5, 5.41) is 8.99. The Balaban J connectivity index is 2.10. The van der Waals surface area contributed by atoms with Crippen LogP contribution < -0.4 is 10.6 Å². The number of aromatic nitrogens is 1. The smallest absolute Gasteiger partial charge is 0.408 e. The van der Waals surface area contributed by atoms with E-state index >= 15 is 0 Å². The fraction of sp³-hybridized carbons (Fsp3) is 0.389. The van der Waals surface area contributed by atoms with Gasteiger partial charge in [-0.2, -0.15) is 0 Å². The number of hydrogen-bond donors (Lipinski definition) is 2. The highest BCUT2D eigenvalue weighted by Crippen LogP contribution is 2.11. The highest BCUT2D eigenvalue weighted by atomic mass is 16.6. The number of ether oxygens (including phenoxy) is 1. The summed E-state index contributed by atoms with van der Waals surface area (Å²) in [5.74, 6) is 0.476. The minimum Gasteiger partial charge on any atom is -0.444 e. The first-order chi connectivity index (χ1) is 11.7. The van der Waals surface area contributed by atoms with Crippen molar-refractivity contribution in [1.82, 2.24) is 10.5 Å². The van der Waals surface area contributed by atoms with Crippen molar-refractivity contribution in [2.75, 3.05) is 5.32 Å². The second-order valence-corrected chi connectivity index (χ2v) is 6.70. The summed E-state index contributed by atoms with van der Waals surface area (Å²) in [6, 6.07) is 10.2. The number of amides is 2. The molecule has 0 saturated carbocycles. The average Bonchev–Trinajstić information content (AvgIpc) is 2.91. The molecular weight excluding hydrogens is 322 g/mol. The molecule has 0 bridgehead atoms. The van der Waals surface area contributed by atoms with Crippen molar-refractivity contribution in [1.29, 1.82) is 0 Å². The van der Waals surface area contributed by atoms with Gasteiger partial charge in [0.1, 0.15) is 17.4 Å². The molecule has 1 aromatic carbocycles. The maximum Gasteiger partial charge on any atom is 0.408 e. The first-order valence-electron chi connectivity index (χ1n) is 8.00. The number of nitrogens with zero attached hydrogens (tertiary/aromatic N) is 1. The molecule has 25 heavy (non-hydrogen) atoms. The van der Waals surface area contributed by atoms with Crippen LogP contribution in [0.25, 0.3) is 0 Å². The average molecular weight is 345 g/mol. The van der Waals surface area contributed by atoms with Crippen LogP contribution in [-0.2, 0) is 16.0 Å². The lowest BCUT2D eigenvalue weighted by molar-refractivity contribution is -0.118. The van der Waals surface area contributed by atoms with E-state index in [1.165, 1.54) is 0 Å². The van der Waals surface area contributed by atoms with Gasteiger partial charge < -0.3 is 19.9 Å². The summed E-state index contributed by atoms with van der Waals surface area (Å²) >= 11 is 0. The van der Waals surface area contributed by atoms with E-state index in [0.717, 1.165) is 5.56 Å². The summed E-state index contributed by atoms with van der Waals surface area (Å²) in [5.41, 5.74) is 0.260. The molecule has 0 aliphatic carbocycles. The molecule has 7 heteroatoms. The lowest BCUT2D eigenvalue weighted by atomic mass is 10.1. The first-order valence-corrected chi connectivity index (χ1v) is 8.00. The third-order valence-corrected chi connectivity index (χ3v) is 3.17. The summed E-state index contributed by atoms with van der Waals surface area (Å²) < 4.78 is 10.2. The fourth-order valence-electron chi connectivity index (χ4n) is 2.15. The van der Waals surface area contributed by atoms with Crippen molar-refractivity contribution in [3.05, 3.63) is 47.7 Å². The molecule has 7 nitrogen and oxygen atoms in total. The lowest BCUT2D eigenvalue weighted by Gasteiger charge is -2.23. The van der Waals surface area contributed by atoms with Gasteiger partial charge >= 0.3 is 6.09 Å². The van der Waals surface area contributed by atoms with Gasteiger partial charge in [-0.25, -0.2) is 4.79 Å². The molecule has 0 saturated heterocycles. The van der Waals surface area contributed by atoms with Crippen LogP contribution in [-0.4, -0.2) is 28.8 Å².